The summed E-state index contributed by atoms with van der Waals surface area (Å²) < 4.78 is 18.3. The summed E-state index contributed by atoms with van der Waals surface area (Å²) >= 11 is 0. The number of aromatic nitrogens is 2. The fourth-order valence-electron chi connectivity index (χ4n) is 2.98. The van der Waals surface area contributed by atoms with Gasteiger partial charge in [0.05, 0.1) is 17.3 Å². The highest BCUT2D eigenvalue weighted by atomic mass is 19.1. The fourth-order valence-corrected chi connectivity index (χ4v) is 2.98. The zero-order valence-electron chi connectivity index (χ0n) is 14.3. The van der Waals surface area contributed by atoms with Crippen molar-refractivity contribution in [3.8, 4) is 5.75 Å². The molecule has 0 bridgehead atoms. The number of carbonyl (C=O) groups is 2. The number of primary amides is 1. The molecule has 1 aromatic carbocycles. The van der Waals surface area contributed by atoms with Crippen LogP contribution in [0, 0.1) is 12.7 Å². The highest BCUT2D eigenvalue weighted by Crippen LogP contribution is 2.30. The minimum Gasteiger partial charge on any atom is -0.484 e. The number of nitrogens with zero attached hydrogens (tertiary/aromatic N) is 3. The molecule has 7 nitrogen and oxygen atoms in total. The number of carbonyl (C=O) groups excluding carboxylic acids is 2. The lowest BCUT2D eigenvalue weighted by Gasteiger charge is -2.24. The smallest absolute Gasteiger partial charge is 0.261 e. The first-order valence-electron chi connectivity index (χ1n) is 8.27. The number of ether oxygens (including phenoxy) is 1. The van der Waals surface area contributed by atoms with Crippen molar-refractivity contribution in [1.82, 2.24) is 14.9 Å². The number of hydrogen-bond acceptors (Lipinski definition) is 5. The van der Waals surface area contributed by atoms with Gasteiger partial charge in [-0.1, -0.05) is 0 Å². The molecule has 1 aliphatic heterocycles. The number of nitrogens with two attached hydrogens (primary N) is 1. The number of benzene rings is 1. The van der Waals surface area contributed by atoms with Gasteiger partial charge in [0, 0.05) is 12.7 Å². The van der Waals surface area contributed by atoms with Gasteiger partial charge in [-0.05, 0) is 44.0 Å². The summed E-state index contributed by atoms with van der Waals surface area (Å²) in [4.78, 5) is 34.1. The van der Waals surface area contributed by atoms with E-state index in [1.165, 1.54) is 30.5 Å². The Balaban J connectivity index is 1.69. The van der Waals surface area contributed by atoms with Crippen LogP contribution in [0.2, 0.25) is 0 Å². The third kappa shape index (κ3) is 3.79. The summed E-state index contributed by atoms with van der Waals surface area (Å²) in [6.07, 6.45) is 2.96. The molecule has 1 unspecified atom stereocenters. The lowest BCUT2D eigenvalue weighted by Crippen LogP contribution is -2.35. The monoisotopic (exact) mass is 358 g/mol. The van der Waals surface area contributed by atoms with E-state index in [-0.39, 0.29) is 29.9 Å². The zero-order chi connectivity index (χ0) is 18.7. The van der Waals surface area contributed by atoms with Gasteiger partial charge in [-0.2, -0.15) is 0 Å². The maximum Gasteiger partial charge on any atom is 0.261 e. The molecule has 8 heteroatoms. The normalized spacial score (nSPS) is 16.5. The van der Waals surface area contributed by atoms with Crippen LogP contribution < -0.4 is 10.5 Å². The molecule has 1 aliphatic rings. The second-order valence-corrected chi connectivity index (χ2v) is 6.08. The molecule has 26 heavy (non-hydrogen) atoms. The van der Waals surface area contributed by atoms with Crippen molar-refractivity contribution in [2.45, 2.75) is 25.8 Å². The van der Waals surface area contributed by atoms with E-state index in [0.717, 1.165) is 12.8 Å². The number of amides is 2. The maximum absolute atomic E-state index is 12.9. The molecular formula is C18H19FN4O3. The van der Waals surface area contributed by atoms with E-state index in [0.29, 0.717) is 23.8 Å². The van der Waals surface area contributed by atoms with E-state index in [1.807, 2.05) is 0 Å². The molecule has 2 amide bonds. The van der Waals surface area contributed by atoms with Crippen molar-refractivity contribution in [1.29, 1.82) is 0 Å². The van der Waals surface area contributed by atoms with Crippen LogP contribution in [0.5, 0.6) is 5.75 Å². The zero-order valence-corrected chi connectivity index (χ0v) is 14.3. The summed E-state index contributed by atoms with van der Waals surface area (Å²) in [6, 6.07) is 5.23. The lowest BCUT2D eigenvalue weighted by atomic mass is 10.1. The number of aryl methyl sites for hydroxylation is 1. The average Bonchev–Trinajstić information content (AvgIpc) is 3.10. The molecule has 1 fully saturated rings. The third-order valence-electron chi connectivity index (χ3n) is 4.31. The molecule has 2 heterocycles. The maximum atomic E-state index is 12.9. The van der Waals surface area contributed by atoms with E-state index >= 15 is 0 Å². The Morgan fingerprint density at radius 3 is 2.73 bits per heavy atom. The predicted molar refractivity (Wildman–Crippen MR) is 90.9 cm³/mol. The standard InChI is InChI=1S/C18H19FN4O3/c1-11-14(17(20)25)9-21-18(22-11)15-3-2-8-23(15)16(24)10-26-13-6-4-12(19)5-7-13/h4-7,9,15H,2-3,8,10H2,1H3,(H2,20,25). The quantitative estimate of drug-likeness (QED) is 0.878. The Morgan fingerprint density at radius 2 is 2.08 bits per heavy atom. The van der Waals surface area contributed by atoms with Crippen LogP contribution in [0.3, 0.4) is 0 Å². The summed E-state index contributed by atoms with van der Waals surface area (Å²) in [5.74, 6) is -0.234. The first kappa shape index (κ1) is 17.8. The van der Waals surface area contributed by atoms with Gasteiger partial charge >= 0.3 is 0 Å². The summed E-state index contributed by atoms with van der Waals surface area (Å²) in [6.45, 7) is 2.11. The average molecular weight is 358 g/mol. The molecule has 2 N–H and O–H groups in total. The van der Waals surface area contributed by atoms with E-state index in [1.54, 1.807) is 11.8 Å². The van der Waals surface area contributed by atoms with Gasteiger partial charge < -0.3 is 15.4 Å². The van der Waals surface area contributed by atoms with E-state index in [4.69, 9.17) is 10.5 Å². The molecule has 0 spiro atoms. The largest absolute Gasteiger partial charge is 0.484 e. The van der Waals surface area contributed by atoms with E-state index in [2.05, 4.69) is 9.97 Å². The Bertz CT molecular complexity index is 826. The summed E-state index contributed by atoms with van der Waals surface area (Å²) in [5.41, 5.74) is 6.03. The Labute approximate surface area is 150 Å². The lowest BCUT2D eigenvalue weighted by molar-refractivity contribution is -0.134. The van der Waals surface area contributed by atoms with Gasteiger partial charge in [-0.25, -0.2) is 14.4 Å². The van der Waals surface area contributed by atoms with Crippen LogP contribution in [0.25, 0.3) is 0 Å². The first-order valence-corrected chi connectivity index (χ1v) is 8.27. The minimum absolute atomic E-state index is 0.152. The molecule has 136 valence electrons. The highest BCUT2D eigenvalue weighted by molar-refractivity contribution is 5.93. The Morgan fingerprint density at radius 1 is 1.35 bits per heavy atom. The van der Waals surface area contributed by atoms with Crippen molar-refractivity contribution < 1.29 is 18.7 Å². The van der Waals surface area contributed by atoms with Gasteiger partial charge in [0.25, 0.3) is 11.8 Å². The van der Waals surface area contributed by atoms with E-state index < -0.39 is 5.91 Å². The second-order valence-electron chi connectivity index (χ2n) is 6.08. The molecule has 0 aliphatic carbocycles. The van der Waals surface area contributed by atoms with Crippen LogP contribution in [0.1, 0.15) is 40.8 Å². The van der Waals surface area contributed by atoms with Crippen LogP contribution in [-0.2, 0) is 4.79 Å². The topological polar surface area (TPSA) is 98.4 Å². The molecule has 1 saturated heterocycles. The third-order valence-corrected chi connectivity index (χ3v) is 4.31. The number of rotatable bonds is 5. The van der Waals surface area contributed by atoms with Gasteiger partial charge in [0.15, 0.2) is 12.4 Å². The number of halogens is 1. The van der Waals surface area contributed by atoms with Crippen molar-refractivity contribution in [2.24, 2.45) is 5.73 Å². The SMILES string of the molecule is Cc1nc(C2CCCN2C(=O)COc2ccc(F)cc2)ncc1C(N)=O. The number of likely N-dealkylation sites (tertiary alicyclic amines) is 1. The first-order chi connectivity index (χ1) is 12.5. The van der Waals surface area contributed by atoms with Gasteiger partial charge in [0.1, 0.15) is 11.6 Å². The molecule has 3 rings (SSSR count). The minimum atomic E-state index is -0.582. The van der Waals surface area contributed by atoms with Crippen LogP contribution in [-0.4, -0.2) is 39.8 Å². The van der Waals surface area contributed by atoms with Crippen LogP contribution >= 0.6 is 0 Å². The molecule has 1 aromatic heterocycles. The van der Waals surface area contributed by atoms with Gasteiger partial charge in [0.2, 0.25) is 0 Å². The van der Waals surface area contributed by atoms with Crippen molar-refractivity contribution in [3.63, 3.8) is 0 Å². The summed E-state index contributed by atoms with van der Waals surface area (Å²) in [5, 5.41) is 0. The number of hydrogen-bond donors (Lipinski definition) is 1. The van der Waals surface area contributed by atoms with E-state index in [9.17, 15) is 14.0 Å². The Kier molecular flexibility index (Phi) is 5.11. The van der Waals surface area contributed by atoms with Crippen molar-refractivity contribution in [3.05, 3.63) is 53.4 Å². The predicted octanol–water partition coefficient (Wildman–Crippen LogP) is 1.77. The summed E-state index contributed by atoms with van der Waals surface area (Å²) in [7, 11) is 0. The Hall–Kier alpha value is -3.03. The van der Waals surface area contributed by atoms with Gasteiger partial charge in [-0.15, -0.1) is 0 Å². The molecular weight excluding hydrogens is 339 g/mol. The second kappa shape index (κ2) is 7.47. The van der Waals surface area contributed by atoms with Crippen LogP contribution in [0.4, 0.5) is 4.39 Å². The van der Waals surface area contributed by atoms with Crippen molar-refractivity contribution in [2.75, 3.05) is 13.2 Å². The molecule has 1 atom stereocenters. The van der Waals surface area contributed by atoms with Crippen LogP contribution in [0.15, 0.2) is 30.5 Å². The van der Waals surface area contributed by atoms with Crippen molar-refractivity contribution >= 4 is 11.8 Å². The molecule has 0 saturated carbocycles. The van der Waals surface area contributed by atoms with Gasteiger partial charge in [-0.3, -0.25) is 9.59 Å². The fraction of sp³-hybridized carbons (Fsp3) is 0.333. The molecule has 0 radical (unpaired) electrons. The highest BCUT2D eigenvalue weighted by Gasteiger charge is 2.32. The molecule has 2 aromatic rings.